The van der Waals surface area contributed by atoms with Crippen molar-refractivity contribution < 1.29 is 19.2 Å². The van der Waals surface area contributed by atoms with Crippen LogP contribution in [0, 0.1) is 29.1 Å². The van der Waals surface area contributed by atoms with E-state index >= 15 is 0 Å². The maximum absolute atomic E-state index is 12.1. The summed E-state index contributed by atoms with van der Waals surface area (Å²) >= 11 is 5.30. The monoisotopic (exact) mass is 681 g/mol. The number of halogens is 2. The van der Waals surface area contributed by atoms with E-state index in [9.17, 15) is 9.59 Å². The van der Waals surface area contributed by atoms with Crippen molar-refractivity contribution in [2.45, 2.75) is 72.7 Å². The fourth-order valence-electron chi connectivity index (χ4n) is 7.09. The van der Waals surface area contributed by atoms with E-state index in [1.54, 1.807) is 0 Å². The second kappa shape index (κ2) is 10.4. The number of hydrogen-bond donors (Lipinski definition) is 1. The van der Waals surface area contributed by atoms with Crippen LogP contribution in [0.3, 0.4) is 0 Å². The van der Waals surface area contributed by atoms with Gasteiger partial charge in [-0.1, -0.05) is 91.6 Å². The van der Waals surface area contributed by atoms with Gasteiger partial charge < -0.3 is 9.57 Å². The Bertz CT molecular complexity index is 857. The molecular formula is C26H37I2NO4. The van der Waals surface area contributed by atoms with Crippen molar-refractivity contribution in [2.75, 3.05) is 6.61 Å². The number of allylic oxidation sites excluding steroid dienone is 4. The highest BCUT2D eigenvalue weighted by Gasteiger charge is 2.76. The predicted molar refractivity (Wildman–Crippen MR) is 148 cm³/mol. The second-order valence-electron chi connectivity index (χ2n) is 9.33. The number of alkyl halides is 2. The summed E-state index contributed by atoms with van der Waals surface area (Å²) in [5, 5.41) is 0. The van der Waals surface area contributed by atoms with Crippen molar-refractivity contribution >= 4 is 56.9 Å². The van der Waals surface area contributed by atoms with E-state index in [2.05, 4.69) is 63.9 Å². The minimum Gasteiger partial charge on any atom is -0.458 e. The molecule has 5 nitrogen and oxygen atoms in total. The van der Waals surface area contributed by atoms with Crippen LogP contribution in [0.1, 0.15) is 59.8 Å². The average molecular weight is 681 g/mol. The lowest BCUT2D eigenvalue weighted by Crippen LogP contribution is -2.62. The van der Waals surface area contributed by atoms with Gasteiger partial charge in [0.15, 0.2) is 5.78 Å². The highest BCUT2D eigenvalue weighted by Crippen LogP contribution is 2.76. The lowest BCUT2D eigenvalue weighted by atomic mass is 9.52. The Balaban J connectivity index is 0.000000728. The highest BCUT2D eigenvalue weighted by atomic mass is 127. The molecule has 0 aromatic carbocycles. The quantitative estimate of drug-likeness (QED) is 0.132. The van der Waals surface area contributed by atoms with Crippen LogP contribution >= 0.6 is 45.2 Å². The first kappa shape index (κ1) is 27.3. The Morgan fingerprint density at radius 2 is 1.94 bits per heavy atom. The molecule has 5 rings (SSSR count). The van der Waals surface area contributed by atoms with E-state index in [-0.39, 0.29) is 30.1 Å². The molecule has 0 bridgehead atoms. The van der Waals surface area contributed by atoms with E-state index in [1.165, 1.54) is 11.6 Å². The minimum absolute atomic E-state index is 0.0163. The van der Waals surface area contributed by atoms with Gasteiger partial charge in [0.05, 0.1) is 10.0 Å². The summed E-state index contributed by atoms with van der Waals surface area (Å²) < 4.78 is 5.85. The van der Waals surface area contributed by atoms with E-state index in [1.807, 2.05) is 33.8 Å². The van der Waals surface area contributed by atoms with Crippen LogP contribution in [0.25, 0.3) is 0 Å². The molecule has 5 aliphatic carbocycles. The van der Waals surface area contributed by atoms with E-state index < -0.39 is 0 Å². The van der Waals surface area contributed by atoms with Gasteiger partial charge >= 0.3 is 5.97 Å². The van der Waals surface area contributed by atoms with Crippen LogP contribution in [0.15, 0.2) is 36.5 Å². The van der Waals surface area contributed by atoms with Gasteiger partial charge in [-0.2, -0.15) is 0 Å². The van der Waals surface area contributed by atoms with Crippen LogP contribution < -0.4 is 5.90 Å². The van der Waals surface area contributed by atoms with Crippen LogP contribution in [-0.4, -0.2) is 31.3 Å². The zero-order chi connectivity index (χ0) is 24.6. The van der Waals surface area contributed by atoms with Crippen LogP contribution in [-0.2, 0) is 19.2 Å². The summed E-state index contributed by atoms with van der Waals surface area (Å²) in [4.78, 5) is 29.4. The van der Waals surface area contributed by atoms with Gasteiger partial charge in [-0.3, -0.25) is 4.79 Å². The third-order valence-corrected chi connectivity index (χ3v) is 11.9. The number of rotatable bonds is 4. The number of carbonyl (C=O) groups is 2. The Hall–Kier alpha value is -0.260. The molecule has 8 unspecified atom stereocenters. The normalized spacial score (nSPS) is 43.7. The van der Waals surface area contributed by atoms with Crippen molar-refractivity contribution in [3.05, 3.63) is 36.5 Å². The van der Waals surface area contributed by atoms with Crippen LogP contribution in [0.5, 0.6) is 0 Å². The second-order valence-corrected chi connectivity index (χ2v) is 13.1. The zero-order valence-corrected chi connectivity index (χ0v) is 24.4. The van der Waals surface area contributed by atoms with Gasteiger partial charge in [-0.05, 0) is 55.1 Å². The zero-order valence-electron chi connectivity index (χ0n) is 20.1. The van der Waals surface area contributed by atoms with E-state index in [0.29, 0.717) is 36.7 Å². The van der Waals surface area contributed by atoms with Gasteiger partial charge in [-0.15, -0.1) is 0 Å². The Morgan fingerprint density at radius 3 is 2.58 bits per heavy atom. The Kier molecular flexibility index (Phi) is 8.60. The van der Waals surface area contributed by atoms with Crippen LogP contribution in [0.4, 0.5) is 0 Å². The molecule has 0 aliphatic heterocycles. The summed E-state index contributed by atoms with van der Waals surface area (Å²) in [6.07, 6.45) is 12.0. The fourth-order valence-corrected chi connectivity index (χ4v) is 11.2. The average Bonchev–Trinajstić information content (AvgIpc) is 3.54. The molecule has 0 aromatic rings. The number of nitrogens with two attached hydrogens (primary N) is 1. The molecule has 2 N–H and O–H groups in total. The molecule has 3 saturated carbocycles. The number of esters is 1. The van der Waals surface area contributed by atoms with Crippen molar-refractivity contribution in [2.24, 2.45) is 35.0 Å². The summed E-state index contributed by atoms with van der Waals surface area (Å²) in [6, 6.07) is 0. The molecule has 8 atom stereocenters. The number of carbonyl (C=O) groups excluding carboxylic acids is 2. The first-order valence-corrected chi connectivity index (χ1v) is 14.4. The molecule has 5 aliphatic rings. The van der Waals surface area contributed by atoms with Gasteiger partial charge in [0.25, 0.3) is 0 Å². The van der Waals surface area contributed by atoms with E-state index in [0.717, 1.165) is 25.7 Å². The number of hydrogen-bond acceptors (Lipinski definition) is 5. The van der Waals surface area contributed by atoms with Gasteiger partial charge in [0.1, 0.15) is 6.10 Å². The predicted octanol–water partition coefficient (Wildman–Crippen LogP) is 5.90. The first-order chi connectivity index (χ1) is 15.8. The lowest BCUT2D eigenvalue weighted by molar-refractivity contribution is -0.162. The summed E-state index contributed by atoms with van der Waals surface area (Å²) in [6.45, 7) is 12.0. The molecule has 0 amide bonds. The van der Waals surface area contributed by atoms with E-state index in [4.69, 9.17) is 15.5 Å². The SMILES string of the molecule is C=CC(=O)OC1C2CC2C2C3(I)C=CC4=CC(=O)CCC4(I)C3CCC12CON.CC.CC. The Labute approximate surface area is 225 Å². The molecule has 7 heteroatoms. The van der Waals surface area contributed by atoms with Crippen LogP contribution in [0.2, 0.25) is 0 Å². The molecule has 3 fully saturated rings. The smallest absolute Gasteiger partial charge is 0.330 e. The maximum Gasteiger partial charge on any atom is 0.330 e. The van der Waals surface area contributed by atoms with Gasteiger partial charge in [-0.25, -0.2) is 10.7 Å². The molecule has 0 spiro atoms. The number of ether oxygens (including phenoxy) is 1. The molecule has 0 heterocycles. The minimum atomic E-state index is -0.358. The van der Waals surface area contributed by atoms with Crippen molar-refractivity contribution in [3.8, 4) is 0 Å². The summed E-state index contributed by atoms with van der Waals surface area (Å²) in [5.74, 6) is 7.18. The first-order valence-electron chi connectivity index (χ1n) is 12.3. The fraction of sp³-hybridized carbons (Fsp3) is 0.692. The van der Waals surface area contributed by atoms with Crippen molar-refractivity contribution in [1.82, 2.24) is 0 Å². The van der Waals surface area contributed by atoms with Crippen molar-refractivity contribution in [3.63, 3.8) is 0 Å². The standard InChI is InChI=1S/C22H25I2NO4.2C2H6/c1-2-17(27)29-19-15-10-14(15)18-20(19,11-28-25)6-5-16-21(23)8-4-13(26)9-12(21)3-7-22(16,18)24;2*1-2/h2-3,7,9,14-16,18-19H,1,4-6,8,10-11,25H2;2*1-2H3. The summed E-state index contributed by atoms with van der Waals surface area (Å²) in [7, 11) is 0. The molecule has 184 valence electrons. The molecule has 0 radical (unpaired) electrons. The Morgan fingerprint density at radius 1 is 1.24 bits per heavy atom. The maximum atomic E-state index is 12.1. The molecule has 0 saturated heterocycles. The largest absolute Gasteiger partial charge is 0.458 e. The lowest BCUT2D eigenvalue weighted by Gasteiger charge is -2.60. The molecular weight excluding hydrogens is 644 g/mol. The summed E-state index contributed by atoms with van der Waals surface area (Å²) in [5.41, 5.74) is 0.913. The topological polar surface area (TPSA) is 78.6 Å². The van der Waals surface area contributed by atoms with Gasteiger partial charge in [0.2, 0.25) is 0 Å². The number of fused-ring (bicyclic) bond motifs is 7. The van der Waals surface area contributed by atoms with Gasteiger partial charge in [0, 0.05) is 27.3 Å². The molecule has 33 heavy (non-hydrogen) atoms. The molecule has 0 aromatic heterocycles. The number of ketones is 1. The third kappa shape index (κ3) is 4.20. The highest BCUT2D eigenvalue weighted by molar-refractivity contribution is 14.1. The van der Waals surface area contributed by atoms with Crippen molar-refractivity contribution in [1.29, 1.82) is 0 Å². The third-order valence-electron chi connectivity index (χ3n) is 8.17.